The van der Waals surface area contributed by atoms with Gasteiger partial charge in [0.1, 0.15) is 11.4 Å². The molecule has 2 rings (SSSR count). The van der Waals surface area contributed by atoms with Crippen LogP contribution < -0.4 is 15.6 Å². The van der Waals surface area contributed by atoms with Gasteiger partial charge in [-0.05, 0) is 18.2 Å². The van der Waals surface area contributed by atoms with Crippen molar-refractivity contribution in [2.75, 3.05) is 5.01 Å². The number of nitrogens with two attached hydrogens (primary N) is 1. The van der Waals surface area contributed by atoms with Gasteiger partial charge in [0, 0.05) is 6.07 Å². The zero-order chi connectivity index (χ0) is 15.4. The molecular formula is C13H11N3O5. The molecule has 0 aliphatic carbocycles. The maximum absolute atomic E-state index is 11.0. The average molecular weight is 289 g/mol. The van der Waals surface area contributed by atoms with Crippen LogP contribution in [0.25, 0.3) is 0 Å². The van der Waals surface area contributed by atoms with E-state index >= 15 is 0 Å². The normalized spacial score (nSPS) is 9.95. The van der Waals surface area contributed by atoms with Gasteiger partial charge >= 0.3 is 6.16 Å². The summed E-state index contributed by atoms with van der Waals surface area (Å²) in [5.41, 5.74) is 0.100. The number of nitrogens with zero attached hydrogens (tertiary/aromatic N) is 2. The molecule has 2 aromatic rings. The fraction of sp³-hybridized carbons (Fsp3) is 0. The van der Waals surface area contributed by atoms with Crippen molar-refractivity contribution in [1.29, 1.82) is 0 Å². The second-order valence-corrected chi connectivity index (χ2v) is 3.95. The highest BCUT2D eigenvalue weighted by molar-refractivity contribution is 5.76. The second-order valence-electron chi connectivity index (χ2n) is 3.95. The van der Waals surface area contributed by atoms with Crippen molar-refractivity contribution in [3.8, 4) is 5.75 Å². The Morgan fingerprint density at radius 1 is 1.14 bits per heavy atom. The topological polar surface area (TPSA) is 119 Å². The van der Waals surface area contributed by atoms with E-state index in [1.54, 1.807) is 18.2 Å². The molecular weight excluding hydrogens is 278 g/mol. The second kappa shape index (κ2) is 5.88. The monoisotopic (exact) mass is 289 g/mol. The first-order chi connectivity index (χ1) is 10.0. The summed E-state index contributed by atoms with van der Waals surface area (Å²) in [4.78, 5) is 21.1. The van der Waals surface area contributed by atoms with Crippen LogP contribution in [0.1, 0.15) is 0 Å². The minimum absolute atomic E-state index is 0.0225. The minimum atomic E-state index is -1.50. The Hall–Kier alpha value is -3.13. The number of carboxylic acid groups (broad SMARTS) is 1. The van der Waals surface area contributed by atoms with Crippen LogP contribution in [-0.2, 0) is 0 Å². The van der Waals surface area contributed by atoms with Crippen molar-refractivity contribution in [2.24, 2.45) is 5.84 Å². The van der Waals surface area contributed by atoms with E-state index in [0.717, 1.165) is 5.01 Å². The zero-order valence-electron chi connectivity index (χ0n) is 10.7. The van der Waals surface area contributed by atoms with Gasteiger partial charge in [0.25, 0.3) is 5.69 Å². The minimum Gasteiger partial charge on any atom is -0.449 e. The fourth-order valence-corrected chi connectivity index (χ4v) is 1.79. The van der Waals surface area contributed by atoms with E-state index in [2.05, 4.69) is 4.74 Å². The number of rotatable bonds is 4. The smallest absolute Gasteiger partial charge is 0.449 e. The fourth-order valence-electron chi connectivity index (χ4n) is 1.79. The molecule has 0 aromatic heterocycles. The van der Waals surface area contributed by atoms with Gasteiger partial charge in [-0.2, -0.15) is 0 Å². The summed E-state index contributed by atoms with van der Waals surface area (Å²) >= 11 is 0. The molecule has 0 amide bonds. The lowest BCUT2D eigenvalue weighted by Crippen LogP contribution is -2.26. The van der Waals surface area contributed by atoms with E-state index < -0.39 is 11.1 Å². The molecule has 3 N–H and O–H groups in total. The van der Waals surface area contributed by atoms with E-state index in [0.29, 0.717) is 0 Å². The zero-order valence-corrected chi connectivity index (χ0v) is 10.7. The summed E-state index contributed by atoms with van der Waals surface area (Å²) in [5.74, 6) is 5.86. The van der Waals surface area contributed by atoms with Crippen LogP contribution in [0.3, 0.4) is 0 Å². The first-order valence-corrected chi connectivity index (χ1v) is 5.78. The number of hydrazine groups is 1. The molecule has 0 unspecified atom stereocenters. The first-order valence-electron chi connectivity index (χ1n) is 5.78. The Morgan fingerprint density at radius 2 is 1.71 bits per heavy atom. The predicted molar refractivity (Wildman–Crippen MR) is 74.5 cm³/mol. The lowest BCUT2D eigenvalue weighted by atomic mass is 10.2. The molecule has 0 heterocycles. The van der Waals surface area contributed by atoms with Gasteiger partial charge in [-0.15, -0.1) is 0 Å². The van der Waals surface area contributed by atoms with Crippen LogP contribution in [0, 0.1) is 10.1 Å². The molecule has 0 aliphatic heterocycles. The lowest BCUT2D eigenvalue weighted by molar-refractivity contribution is -0.384. The largest absolute Gasteiger partial charge is 0.511 e. The van der Waals surface area contributed by atoms with Crippen molar-refractivity contribution >= 4 is 23.2 Å². The number of ether oxygens (including phenoxy) is 1. The summed E-state index contributed by atoms with van der Waals surface area (Å²) in [6.45, 7) is 0. The Balaban J connectivity index is 2.48. The SMILES string of the molecule is NN(c1ccccc1OC(=O)O)c1ccccc1[N+](=O)[O-]. The van der Waals surface area contributed by atoms with E-state index in [4.69, 9.17) is 10.9 Å². The standard InChI is InChI=1S/C13H11N3O5/c14-15(9-5-1-2-6-10(9)16(19)20)11-7-3-4-8-12(11)21-13(17)18/h1-8H,14H2,(H,17,18). The molecule has 2 aromatic carbocycles. The molecule has 0 atom stereocenters. The lowest BCUT2D eigenvalue weighted by Gasteiger charge is -2.20. The average Bonchev–Trinajstić information content (AvgIpc) is 2.46. The molecule has 0 saturated heterocycles. The number of nitro benzene ring substituents is 1. The maximum atomic E-state index is 11.0. The first kappa shape index (κ1) is 14.3. The molecule has 8 heteroatoms. The number of para-hydroxylation sites is 4. The number of benzene rings is 2. The van der Waals surface area contributed by atoms with E-state index in [9.17, 15) is 14.9 Å². The molecule has 108 valence electrons. The van der Waals surface area contributed by atoms with Crippen molar-refractivity contribution < 1.29 is 19.6 Å². The van der Waals surface area contributed by atoms with E-state index in [-0.39, 0.29) is 22.8 Å². The highest BCUT2D eigenvalue weighted by Gasteiger charge is 2.20. The number of anilines is 2. The predicted octanol–water partition coefficient (Wildman–Crippen LogP) is 2.66. The number of hydrogen-bond donors (Lipinski definition) is 2. The van der Waals surface area contributed by atoms with Crippen LogP contribution in [0.5, 0.6) is 5.75 Å². The Kier molecular flexibility index (Phi) is 4.00. The van der Waals surface area contributed by atoms with Gasteiger partial charge in [-0.3, -0.25) is 15.1 Å². The van der Waals surface area contributed by atoms with Gasteiger partial charge in [-0.25, -0.2) is 10.6 Å². The van der Waals surface area contributed by atoms with Crippen molar-refractivity contribution in [2.45, 2.75) is 0 Å². The third-order valence-corrected chi connectivity index (χ3v) is 2.66. The maximum Gasteiger partial charge on any atom is 0.511 e. The van der Waals surface area contributed by atoms with Crippen molar-refractivity contribution in [3.63, 3.8) is 0 Å². The highest BCUT2D eigenvalue weighted by Crippen LogP contribution is 2.35. The Labute approximate surface area is 119 Å². The van der Waals surface area contributed by atoms with Crippen LogP contribution in [0.2, 0.25) is 0 Å². The molecule has 8 nitrogen and oxygen atoms in total. The molecule has 0 spiro atoms. The Bertz CT molecular complexity index is 689. The summed E-state index contributed by atoms with van der Waals surface area (Å²) in [6.07, 6.45) is -1.50. The quantitative estimate of drug-likeness (QED) is 0.292. The van der Waals surface area contributed by atoms with Gasteiger partial charge in [0.15, 0.2) is 5.75 Å². The third kappa shape index (κ3) is 3.07. The summed E-state index contributed by atoms with van der Waals surface area (Å²) < 4.78 is 4.61. The number of carbonyl (C=O) groups is 1. The molecule has 0 fully saturated rings. The van der Waals surface area contributed by atoms with E-state index in [1.165, 1.54) is 30.3 Å². The number of hydrogen-bond acceptors (Lipinski definition) is 6. The molecule has 0 aliphatic rings. The van der Waals surface area contributed by atoms with Gasteiger partial charge in [0.05, 0.1) is 4.92 Å². The number of nitro groups is 1. The van der Waals surface area contributed by atoms with Crippen LogP contribution >= 0.6 is 0 Å². The summed E-state index contributed by atoms with van der Waals surface area (Å²) in [6, 6.07) is 11.9. The Morgan fingerprint density at radius 3 is 2.33 bits per heavy atom. The van der Waals surface area contributed by atoms with Crippen molar-refractivity contribution in [1.82, 2.24) is 0 Å². The third-order valence-electron chi connectivity index (χ3n) is 2.66. The van der Waals surface area contributed by atoms with Gasteiger partial charge in [-0.1, -0.05) is 24.3 Å². The van der Waals surface area contributed by atoms with Crippen LogP contribution in [-0.4, -0.2) is 16.2 Å². The summed E-state index contributed by atoms with van der Waals surface area (Å²) in [7, 11) is 0. The van der Waals surface area contributed by atoms with Gasteiger partial charge < -0.3 is 9.84 Å². The molecule has 0 bridgehead atoms. The highest BCUT2D eigenvalue weighted by atomic mass is 16.7. The molecule has 0 saturated carbocycles. The van der Waals surface area contributed by atoms with Crippen LogP contribution in [0.4, 0.5) is 21.9 Å². The van der Waals surface area contributed by atoms with Crippen molar-refractivity contribution in [3.05, 3.63) is 58.6 Å². The molecule has 0 radical (unpaired) electrons. The molecule has 21 heavy (non-hydrogen) atoms. The van der Waals surface area contributed by atoms with Gasteiger partial charge in [0.2, 0.25) is 0 Å². The summed E-state index contributed by atoms with van der Waals surface area (Å²) in [5, 5.41) is 20.7. The van der Waals surface area contributed by atoms with E-state index in [1.807, 2.05) is 0 Å². The van der Waals surface area contributed by atoms with Crippen LogP contribution in [0.15, 0.2) is 48.5 Å².